The first-order chi connectivity index (χ1) is 7.78. The highest BCUT2D eigenvalue weighted by molar-refractivity contribution is 5.61. The van der Waals surface area contributed by atoms with Crippen LogP contribution in [0.5, 0.6) is 5.75 Å². The van der Waals surface area contributed by atoms with Crippen LogP contribution in [0.2, 0.25) is 0 Å². The Morgan fingerprint density at radius 1 is 1.18 bits per heavy atom. The van der Waals surface area contributed by atoms with Gasteiger partial charge in [-0.25, -0.2) is 0 Å². The number of hydrogen-bond acceptors (Lipinski definition) is 2. The van der Waals surface area contributed by atoms with Crippen molar-refractivity contribution in [1.82, 2.24) is 0 Å². The third kappa shape index (κ3) is 5.05. The maximum atomic E-state index is 5.68. The van der Waals surface area contributed by atoms with Crippen LogP contribution in [0, 0.1) is 0 Å². The van der Waals surface area contributed by atoms with Gasteiger partial charge in [0.2, 0.25) is 0 Å². The van der Waals surface area contributed by atoms with Crippen LogP contribution in [-0.2, 0) is 4.74 Å². The molecule has 0 aliphatic carbocycles. The molecule has 0 spiro atoms. The smallest absolute Gasteiger partial charge is 0.197 e. The van der Waals surface area contributed by atoms with Crippen molar-refractivity contribution in [2.45, 2.75) is 46.5 Å². The lowest BCUT2D eigenvalue weighted by Gasteiger charge is -2.25. The fourth-order valence-electron chi connectivity index (χ4n) is 1.53. The summed E-state index contributed by atoms with van der Waals surface area (Å²) < 4.78 is 11.4. The van der Waals surface area contributed by atoms with Crippen molar-refractivity contribution in [3.8, 4) is 5.75 Å². The van der Waals surface area contributed by atoms with Crippen molar-refractivity contribution in [2.24, 2.45) is 0 Å². The molecule has 0 heterocycles. The number of rotatable bonds is 4. The summed E-state index contributed by atoms with van der Waals surface area (Å²) in [6.45, 7) is 13.8. The van der Waals surface area contributed by atoms with E-state index in [1.165, 1.54) is 0 Å². The Morgan fingerprint density at radius 2 is 1.71 bits per heavy atom. The molecule has 1 atom stereocenters. The lowest BCUT2D eigenvalue weighted by molar-refractivity contribution is -0.140. The fourth-order valence-corrected chi connectivity index (χ4v) is 1.53. The Balaban J connectivity index is 2.60. The number of benzene rings is 1. The van der Waals surface area contributed by atoms with Gasteiger partial charge in [-0.05, 0) is 52.3 Å². The van der Waals surface area contributed by atoms with Crippen molar-refractivity contribution in [2.75, 3.05) is 0 Å². The Kier molecular flexibility index (Phi) is 4.35. The predicted molar refractivity (Wildman–Crippen MR) is 72.1 cm³/mol. The highest BCUT2D eigenvalue weighted by Crippen LogP contribution is 2.19. The molecule has 0 saturated heterocycles. The van der Waals surface area contributed by atoms with Gasteiger partial charge in [-0.15, -0.1) is 0 Å². The molecular formula is C15H22O2. The van der Waals surface area contributed by atoms with Crippen LogP contribution >= 0.6 is 0 Å². The molecule has 0 fully saturated rings. The third-order valence-electron chi connectivity index (χ3n) is 2.17. The molecule has 1 aromatic carbocycles. The van der Waals surface area contributed by atoms with Crippen LogP contribution in [0.25, 0.3) is 5.57 Å². The van der Waals surface area contributed by atoms with Gasteiger partial charge in [0.25, 0.3) is 0 Å². The van der Waals surface area contributed by atoms with Crippen LogP contribution in [0.1, 0.15) is 40.2 Å². The van der Waals surface area contributed by atoms with Crippen LogP contribution in [0.4, 0.5) is 0 Å². The molecule has 0 saturated carbocycles. The first-order valence-corrected chi connectivity index (χ1v) is 5.88. The molecule has 2 heteroatoms. The second-order valence-electron chi connectivity index (χ2n) is 5.22. The summed E-state index contributed by atoms with van der Waals surface area (Å²) in [5.74, 6) is 0.812. The largest absolute Gasteiger partial charge is 0.465 e. The summed E-state index contributed by atoms with van der Waals surface area (Å²) in [7, 11) is 0. The monoisotopic (exact) mass is 234 g/mol. The number of hydrogen-bond donors (Lipinski definition) is 0. The first kappa shape index (κ1) is 13.8. The average molecular weight is 234 g/mol. The lowest BCUT2D eigenvalue weighted by atomic mass is 10.1. The van der Waals surface area contributed by atoms with E-state index in [1.807, 2.05) is 58.9 Å². The van der Waals surface area contributed by atoms with E-state index in [4.69, 9.17) is 9.47 Å². The van der Waals surface area contributed by atoms with E-state index in [1.54, 1.807) is 0 Å². The molecule has 0 aliphatic rings. The topological polar surface area (TPSA) is 18.5 Å². The lowest BCUT2D eigenvalue weighted by Crippen LogP contribution is -2.29. The van der Waals surface area contributed by atoms with Gasteiger partial charge in [-0.3, -0.25) is 0 Å². The van der Waals surface area contributed by atoms with Crippen LogP contribution in [-0.4, -0.2) is 11.9 Å². The molecule has 17 heavy (non-hydrogen) atoms. The van der Waals surface area contributed by atoms with Crippen LogP contribution < -0.4 is 4.74 Å². The Bertz CT molecular complexity index is 371. The molecule has 94 valence electrons. The van der Waals surface area contributed by atoms with Gasteiger partial charge in [0.15, 0.2) is 6.29 Å². The molecule has 0 N–H and O–H groups in total. The van der Waals surface area contributed by atoms with Crippen molar-refractivity contribution in [3.63, 3.8) is 0 Å². The van der Waals surface area contributed by atoms with E-state index in [0.29, 0.717) is 0 Å². The molecule has 0 aliphatic heterocycles. The minimum absolute atomic E-state index is 0.197. The maximum Gasteiger partial charge on any atom is 0.197 e. The van der Waals surface area contributed by atoms with Crippen LogP contribution in [0.15, 0.2) is 30.8 Å². The van der Waals surface area contributed by atoms with Gasteiger partial charge in [0.05, 0.1) is 5.60 Å². The number of allylic oxidation sites excluding steroid dienone is 1. The molecule has 0 aromatic heterocycles. The fraction of sp³-hybridized carbons (Fsp3) is 0.467. The first-order valence-electron chi connectivity index (χ1n) is 5.88. The SMILES string of the molecule is C=C(C)c1ccc(OC(C)OC(C)(C)C)cc1. The zero-order valence-electron chi connectivity index (χ0n) is 11.4. The molecule has 0 bridgehead atoms. The van der Waals surface area contributed by atoms with Gasteiger partial charge in [-0.2, -0.15) is 0 Å². The van der Waals surface area contributed by atoms with Gasteiger partial charge < -0.3 is 9.47 Å². The van der Waals surface area contributed by atoms with Crippen molar-refractivity contribution >= 4 is 5.57 Å². The molecule has 1 aromatic rings. The number of ether oxygens (including phenoxy) is 2. The third-order valence-corrected chi connectivity index (χ3v) is 2.17. The van der Waals surface area contributed by atoms with Gasteiger partial charge in [0.1, 0.15) is 5.75 Å². The minimum atomic E-state index is -0.259. The Labute approximate surface area is 104 Å². The van der Waals surface area contributed by atoms with Crippen molar-refractivity contribution in [1.29, 1.82) is 0 Å². The summed E-state index contributed by atoms with van der Waals surface area (Å²) in [6.07, 6.45) is -0.259. The second kappa shape index (κ2) is 5.37. The molecule has 1 unspecified atom stereocenters. The molecule has 0 radical (unpaired) electrons. The van der Waals surface area contributed by atoms with Gasteiger partial charge in [0, 0.05) is 0 Å². The van der Waals surface area contributed by atoms with Gasteiger partial charge in [-0.1, -0.05) is 24.3 Å². The zero-order chi connectivity index (χ0) is 13.1. The zero-order valence-corrected chi connectivity index (χ0v) is 11.4. The maximum absolute atomic E-state index is 5.68. The van der Waals surface area contributed by atoms with E-state index in [-0.39, 0.29) is 11.9 Å². The summed E-state index contributed by atoms with van der Waals surface area (Å²) in [6, 6.07) is 7.88. The summed E-state index contributed by atoms with van der Waals surface area (Å²) in [4.78, 5) is 0. The van der Waals surface area contributed by atoms with Crippen molar-refractivity contribution in [3.05, 3.63) is 36.4 Å². The molecular weight excluding hydrogens is 212 g/mol. The van der Waals surface area contributed by atoms with E-state index in [2.05, 4.69) is 6.58 Å². The average Bonchev–Trinajstić information content (AvgIpc) is 2.15. The van der Waals surface area contributed by atoms with E-state index < -0.39 is 0 Å². The van der Waals surface area contributed by atoms with E-state index in [9.17, 15) is 0 Å². The highest BCUT2D eigenvalue weighted by atomic mass is 16.7. The molecule has 1 rings (SSSR count). The van der Waals surface area contributed by atoms with E-state index in [0.717, 1.165) is 16.9 Å². The molecule has 0 amide bonds. The van der Waals surface area contributed by atoms with Crippen LogP contribution in [0.3, 0.4) is 0 Å². The predicted octanol–water partition coefficient (Wildman–Crippen LogP) is 4.26. The summed E-state index contributed by atoms with van der Waals surface area (Å²) in [5, 5.41) is 0. The Hall–Kier alpha value is -1.28. The summed E-state index contributed by atoms with van der Waals surface area (Å²) in [5.41, 5.74) is 1.98. The normalized spacial score (nSPS) is 13.2. The second-order valence-corrected chi connectivity index (χ2v) is 5.22. The van der Waals surface area contributed by atoms with Gasteiger partial charge >= 0.3 is 0 Å². The van der Waals surface area contributed by atoms with E-state index >= 15 is 0 Å². The highest BCUT2D eigenvalue weighted by Gasteiger charge is 2.16. The molecule has 2 nitrogen and oxygen atoms in total. The quantitative estimate of drug-likeness (QED) is 0.725. The summed E-state index contributed by atoms with van der Waals surface area (Å²) >= 11 is 0. The standard InChI is InChI=1S/C15H22O2/c1-11(2)13-7-9-14(10-8-13)16-12(3)17-15(4,5)6/h7-10,12H,1H2,2-6H3. The Morgan fingerprint density at radius 3 is 2.12 bits per heavy atom. The van der Waals surface area contributed by atoms with Crippen molar-refractivity contribution < 1.29 is 9.47 Å². The minimum Gasteiger partial charge on any atom is -0.465 e.